The molecule has 1 aliphatic heterocycles. The fourth-order valence-electron chi connectivity index (χ4n) is 2.22. The van der Waals surface area contributed by atoms with Crippen LogP contribution >= 0.6 is 0 Å². The van der Waals surface area contributed by atoms with Gasteiger partial charge < -0.3 is 15.7 Å². The minimum absolute atomic E-state index is 0.333. The highest BCUT2D eigenvalue weighted by Crippen LogP contribution is 2.16. The van der Waals surface area contributed by atoms with Crippen LogP contribution in [0.3, 0.4) is 0 Å². The first-order chi connectivity index (χ1) is 9.16. The highest BCUT2D eigenvalue weighted by molar-refractivity contribution is 5.78. The van der Waals surface area contributed by atoms with E-state index in [1.807, 2.05) is 0 Å². The topological polar surface area (TPSA) is 61.9 Å². The Kier molecular flexibility index (Phi) is 4.60. The third-order valence-corrected chi connectivity index (χ3v) is 3.37. The number of hydrogen-bond acceptors (Lipinski definition) is 2. The first kappa shape index (κ1) is 13.6. The SMILES string of the molecule is NC(=NCc1ccc(O)c(F)c1)N1CCCCCC1. The monoisotopic (exact) mass is 265 g/mol. The summed E-state index contributed by atoms with van der Waals surface area (Å²) in [6.45, 7) is 2.22. The fourth-order valence-corrected chi connectivity index (χ4v) is 2.22. The summed E-state index contributed by atoms with van der Waals surface area (Å²) in [4.78, 5) is 6.39. The molecule has 104 valence electrons. The van der Waals surface area contributed by atoms with Crippen molar-refractivity contribution in [1.29, 1.82) is 0 Å². The maximum absolute atomic E-state index is 13.2. The van der Waals surface area contributed by atoms with E-state index in [0.29, 0.717) is 18.1 Å². The van der Waals surface area contributed by atoms with E-state index in [-0.39, 0.29) is 5.75 Å². The van der Waals surface area contributed by atoms with Gasteiger partial charge in [0.15, 0.2) is 17.5 Å². The summed E-state index contributed by atoms with van der Waals surface area (Å²) in [6.07, 6.45) is 4.77. The molecule has 1 aromatic carbocycles. The molecule has 0 radical (unpaired) electrons. The maximum Gasteiger partial charge on any atom is 0.191 e. The number of rotatable bonds is 2. The highest BCUT2D eigenvalue weighted by Gasteiger charge is 2.10. The van der Waals surface area contributed by atoms with Crippen molar-refractivity contribution in [3.05, 3.63) is 29.6 Å². The summed E-state index contributed by atoms with van der Waals surface area (Å²) < 4.78 is 13.2. The van der Waals surface area contributed by atoms with Crippen LogP contribution in [0, 0.1) is 5.82 Å². The normalized spacial score (nSPS) is 17.3. The number of halogens is 1. The lowest BCUT2D eigenvalue weighted by atomic mass is 10.2. The second-order valence-electron chi connectivity index (χ2n) is 4.86. The lowest BCUT2D eigenvalue weighted by Gasteiger charge is -2.21. The number of aromatic hydroxyl groups is 1. The number of benzene rings is 1. The lowest BCUT2D eigenvalue weighted by Crippen LogP contribution is -2.38. The number of nitrogens with two attached hydrogens (primary N) is 1. The van der Waals surface area contributed by atoms with Crippen molar-refractivity contribution in [2.24, 2.45) is 10.7 Å². The van der Waals surface area contributed by atoms with Gasteiger partial charge in [-0.05, 0) is 30.5 Å². The van der Waals surface area contributed by atoms with E-state index in [0.717, 1.165) is 25.9 Å². The Morgan fingerprint density at radius 3 is 2.58 bits per heavy atom. The quantitative estimate of drug-likeness (QED) is 0.636. The minimum atomic E-state index is -0.624. The van der Waals surface area contributed by atoms with Gasteiger partial charge in [-0.1, -0.05) is 18.9 Å². The molecule has 3 N–H and O–H groups in total. The van der Waals surface area contributed by atoms with Gasteiger partial charge in [-0.25, -0.2) is 9.38 Å². The van der Waals surface area contributed by atoms with Crippen LogP contribution in [0.4, 0.5) is 4.39 Å². The number of aliphatic imine (C=N–C) groups is 1. The summed E-state index contributed by atoms with van der Waals surface area (Å²) in [5.41, 5.74) is 6.67. The van der Waals surface area contributed by atoms with Gasteiger partial charge in [-0.3, -0.25) is 0 Å². The van der Waals surface area contributed by atoms with E-state index < -0.39 is 5.82 Å². The third kappa shape index (κ3) is 3.84. The van der Waals surface area contributed by atoms with Gasteiger partial charge >= 0.3 is 0 Å². The largest absolute Gasteiger partial charge is 0.505 e. The van der Waals surface area contributed by atoms with E-state index in [1.165, 1.54) is 25.0 Å². The predicted molar refractivity (Wildman–Crippen MR) is 73.4 cm³/mol. The zero-order valence-electron chi connectivity index (χ0n) is 11.0. The summed E-state index contributed by atoms with van der Waals surface area (Å²) in [5, 5.41) is 9.11. The van der Waals surface area contributed by atoms with Crippen molar-refractivity contribution in [3.8, 4) is 5.75 Å². The molecule has 2 rings (SSSR count). The van der Waals surface area contributed by atoms with Crippen LogP contribution in [-0.4, -0.2) is 29.1 Å². The molecule has 0 bridgehead atoms. The van der Waals surface area contributed by atoms with Gasteiger partial charge in [0.05, 0.1) is 6.54 Å². The van der Waals surface area contributed by atoms with Crippen LogP contribution in [0.5, 0.6) is 5.75 Å². The number of phenols is 1. The number of likely N-dealkylation sites (tertiary alicyclic amines) is 1. The van der Waals surface area contributed by atoms with Crippen LogP contribution in [0.15, 0.2) is 23.2 Å². The first-order valence-electron chi connectivity index (χ1n) is 6.69. The fraction of sp³-hybridized carbons (Fsp3) is 0.500. The lowest BCUT2D eigenvalue weighted by molar-refractivity contribution is 0.428. The molecule has 0 aliphatic carbocycles. The van der Waals surface area contributed by atoms with Crippen molar-refractivity contribution < 1.29 is 9.50 Å². The standard InChI is InChI=1S/C14H20FN3O/c15-12-9-11(5-6-13(12)19)10-17-14(16)18-7-3-1-2-4-8-18/h5-6,9,19H,1-4,7-8,10H2,(H2,16,17). The van der Waals surface area contributed by atoms with Crippen LogP contribution < -0.4 is 5.73 Å². The molecule has 1 fully saturated rings. The van der Waals surface area contributed by atoms with Crippen LogP contribution in [0.2, 0.25) is 0 Å². The van der Waals surface area contributed by atoms with Crippen molar-refractivity contribution in [1.82, 2.24) is 4.90 Å². The molecule has 0 unspecified atom stereocenters. The molecule has 0 saturated carbocycles. The Hall–Kier alpha value is -1.78. The first-order valence-corrected chi connectivity index (χ1v) is 6.69. The predicted octanol–water partition coefficient (Wildman–Crippen LogP) is 2.22. The molecular formula is C14H20FN3O. The van der Waals surface area contributed by atoms with Crippen LogP contribution in [-0.2, 0) is 6.54 Å². The van der Waals surface area contributed by atoms with E-state index >= 15 is 0 Å². The molecule has 1 saturated heterocycles. The average Bonchev–Trinajstić information content (AvgIpc) is 2.69. The smallest absolute Gasteiger partial charge is 0.191 e. The Morgan fingerprint density at radius 1 is 1.26 bits per heavy atom. The molecule has 0 spiro atoms. The number of nitrogens with zero attached hydrogens (tertiary/aromatic N) is 2. The number of guanidine groups is 1. The van der Waals surface area contributed by atoms with Gasteiger partial charge in [0.1, 0.15) is 0 Å². The Morgan fingerprint density at radius 2 is 1.95 bits per heavy atom. The van der Waals surface area contributed by atoms with Crippen LogP contribution in [0.1, 0.15) is 31.2 Å². The third-order valence-electron chi connectivity index (χ3n) is 3.37. The van der Waals surface area contributed by atoms with Gasteiger partial charge in [0.2, 0.25) is 0 Å². The summed E-state index contributed by atoms with van der Waals surface area (Å²) >= 11 is 0. The Labute approximate surface area is 112 Å². The van der Waals surface area contributed by atoms with Gasteiger partial charge in [-0.15, -0.1) is 0 Å². The van der Waals surface area contributed by atoms with Crippen molar-refractivity contribution in [2.45, 2.75) is 32.2 Å². The Bertz CT molecular complexity index is 454. The molecule has 1 heterocycles. The molecule has 5 heteroatoms. The molecular weight excluding hydrogens is 245 g/mol. The second-order valence-corrected chi connectivity index (χ2v) is 4.86. The van der Waals surface area contributed by atoms with E-state index in [9.17, 15) is 4.39 Å². The maximum atomic E-state index is 13.2. The zero-order chi connectivity index (χ0) is 13.7. The molecule has 0 aromatic heterocycles. The van der Waals surface area contributed by atoms with Crippen molar-refractivity contribution in [2.75, 3.05) is 13.1 Å². The highest BCUT2D eigenvalue weighted by atomic mass is 19.1. The molecule has 4 nitrogen and oxygen atoms in total. The molecule has 1 aromatic rings. The van der Waals surface area contributed by atoms with Gasteiger partial charge in [0, 0.05) is 13.1 Å². The molecule has 0 atom stereocenters. The average molecular weight is 265 g/mol. The van der Waals surface area contributed by atoms with Crippen LogP contribution in [0.25, 0.3) is 0 Å². The zero-order valence-corrected chi connectivity index (χ0v) is 11.0. The van der Waals surface area contributed by atoms with Crippen molar-refractivity contribution >= 4 is 5.96 Å². The van der Waals surface area contributed by atoms with E-state index in [4.69, 9.17) is 10.8 Å². The summed E-state index contributed by atoms with van der Waals surface area (Å²) in [5.74, 6) is -0.440. The summed E-state index contributed by atoms with van der Waals surface area (Å²) in [7, 11) is 0. The van der Waals surface area contributed by atoms with Gasteiger partial charge in [-0.2, -0.15) is 0 Å². The Balaban J connectivity index is 1.98. The number of hydrogen-bond donors (Lipinski definition) is 2. The van der Waals surface area contributed by atoms with Crippen molar-refractivity contribution in [3.63, 3.8) is 0 Å². The van der Waals surface area contributed by atoms with E-state index in [2.05, 4.69) is 9.89 Å². The molecule has 19 heavy (non-hydrogen) atoms. The minimum Gasteiger partial charge on any atom is -0.505 e. The number of phenolic OH excluding ortho intramolecular Hbond substituents is 1. The second kappa shape index (κ2) is 6.41. The van der Waals surface area contributed by atoms with Gasteiger partial charge in [0.25, 0.3) is 0 Å². The molecule has 0 amide bonds. The van der Waals surface area contributed by atoms with E-state index in [1.54, 1.807) is 6.07 Å². The molecule has 1 aliphatic rings. The summed E-state index contributed by atoms with van der Waals surface area (Å²) in [6, 6.07) is 4.27.